The number of hydrogen-bond acceptors (Lipinski definition) is 4. The summed E-state index contributed by atoms with van der Waals surface area (Å²) >= 11 is 0. The summed E-state index contributed by atoms with van der Waals surface area (Å²) in [5.74, 6) is 0. The molecule has 0 aromatic carbocycles. The van der Waals surface area contributed by atoms with Gasteiger partial charge in [0.15, 0.2) is 0 Å². The minimum atomic E-state index is -4.09. The third kappa shape index (κ3) is 17.7. The van der Waals surface area contributed by atoms with Gasteiger partial charge in [-0.25, -0.2) is 8.42 Å². The largest absolute Gasteiger partial charge is 1.00 e. The molecule has 0 amide bonds. The van der Waals surface area contributed by atoms with E-state index >= 15 is 0 Å². The summed E-state index contributed by atoms with van der Waals surface area (Å²) in [4.78, 5) is 0. The van der Waals surface area contributed by atoms with Crippen molar-refractivity contribution in [1.29, 1.82) is 0 Å². The van der Waals surface area contributed by atoms with Crippen LogP contribution in [-0.2, 0) is 10.1 Å². The molecule has 0 heterocycles. The van der Waals surface area contributed by atoms with E-state index in [1.807, 2.05) is 6.92 Å². The Morgan fingerprint density at radius 1 is 0.792 bits per heavy atom. The summed E-state index contributed by atoms with van der Waals surface area (Å²) < 4.78 is 32.2. The number of aliphatic hydroxyl groups is 1. The molecule has 0 aliphatic heterocycles. The van der Waals surface area contributed by atoms with Gasteiger partial charge in [0.25, 0.3) is 0 Å². The second-order valence-corrected chi connectivity index (χ2v) is 8.62. The third-order valence-corrected chi connectivity index (χ3v) is 5.83. The van der Waals surface area contributed by atoms with Crippen LogP contribution < -0.4 is 29.6 Å². The second kappa shape index (κ2) is 17.3. The van der Waals surface area contributed by atoms with Crippen LogP contribution >= 0.6 is 0 Å². The van der Waals surface area contributed by atoms with E-state index in [9.17, 15) is 18.1 Å². The van der Waals surface area contributed by atoms with Gasteiger partial charge in [-0.05, 0) is 26.2 Å². The monoisotopic (exact) mass is 372 g/mol. The van der Waals surface area contributed by atoms with E-state index in [0.717, 1.165) is 38.5 Å². The van der Waals surface area contributed by atoms with Crippen LogP contribution in [0.5, 0.6) is 0 Å². The van der Waals surface area contributed by atoms with Crippen LogP contribution in [0.1, 0.15) is 104 Å². The van der Waals surface area contributed by atoms with Gasteiger partial charge in [0.1, 0.15) is 0 Å². The van der Waals surface area contributed by atoms with Crippen molar-refractivity contribution in [3.8, 4) is 0 Å². The zero-order chi connectivity index (χ0) is 17.6. The van der Waals surface area contributed by atoms with Gasteiger partial charge < -0.3 is 9.66 Å². The number of hydrogen-bond donors (Lipinski definition) is 1. The van der Waals surface area contributed by atoms with E-state index in [-0.39, 0.29) is 35.7 Å². The van der Waals surface area contributed by atoms with Crippen LogP contribution in [0.4, 0.5) is 0 Å². The van der Waals surface area contributed by atoms with Crippen molar-refractivity contribution in [3.05, 3.63) is 0 Å². The maximum Gasteiger partial charge on any atom is 1.00 e. The van der Waals surface area contributed by atoms with E-state index in [0.29, 0.717) is 6.42 Å². The average Bonchev–Trinajstić information content (AvgIpc) is 2.50. The Kier molecular flexibility index (Phi) is 19.5. The summed E-state index contributed by atoms with van der Waals surface area (Å²) in [6.45, 7) is 3.53. The number of aliphatic hydroxyl groups excluding tert-OH is 1. The van der Waals surface area contributed by atoms with Gasteiger partial charge in [0, 0.05) is 5.25 Å². The molecule has 2 unspecified atom stereocenters. The SMILES string of the molecule is CCC(O)CCCCCCCCCCCCCC(C)S(=O)(=O)[O-].[Na+]. The van der Waals surface area contributed by atoms with Crippen LogP contribution in [0.2, 0.25) is 0 Å². The average molecular weight is 373 g/mol. The molecule has 0 spiro atoms. The van der Waals surface area contributed by atoms with Crippen molar-refractivity contribution in [3.63, 3.8) is 0 Å². The van der Waals surface area contributed by atoms with Crippen LogP contribution in [0.3, 0.4) is 0 Å². The molecule has 0 aliphatic rings. The summed E-state index contributed by atoms with van der Waals surface area (Å²) in [7, 11) is -4.09. The fraction of sp³-hybridized carbons (Fsp3) is 1.00. The molecule has 0 aromatic heterocycles. The quantitative estimate of drug-likeness (QED) is 0.254. The normalized spacial score (nSPS) is 14.2. The van der Waals surface area contributed by atoms with Gasteiger partial charge in [-0.15, -0.1) is 0 Å². The molecule has 0 bridgehead atoms. The van der Waals surface area contributed by atoms with E-state index in [2.05, 4.69) is 0 Å². The summed E-state index contributed by atoms with van der Waals surface area (Å²) in [5, 5.41) is 8.71. The van der Waals surface area contributed by atoms with E-state index in [1.54, 1.807) is 0 Å². The Morgan fingerprint density at radius 3 is 1.46 bits per heavy atom. The van der Waals surface area contributed by atoms with Gasteiger partial charge >= 0.3 is 29.6 Å². The molecule has 140 valence electrons. The first-order valence-corrected chi connectivity index (χ1v) is 11.0. The van der Waals surface area contributed by atoms with Gasteiger partial charge in [-0.1, -0.05) is 77.6 Å². The van der Waals surface area contributed by atoms with E-state index < -0.39 is 15.4 Å². The van der Waals surface area contributed by atoms with Gasteiger partial charge in [-0.3, -0.25) is 0 Å². The zero-order valence-electron chi connectivity index (χ0n) is 16.1. The zero-order valence-corrected chi connectivity index (χ0v) is 19.0. The van der Waals surface area contributed by atoms with Crippen LogP contribution in [0.25, 0.3) is 0 Å². The Morgan fingerprint density at radius 2 is 1.12 bits per heavy atom. The molecule has 4 nitrogen and oxygen atoms in total. The molecule has 24 heavy (non-hydrogen) atoms. The summed E-state index contributed by atoms with van der Waals surface area (Å²) in [5.41, 5.74) is 0. The molecular formula is C18H37NaO4S. The summed E-state index contributed by atoms with van der Waals surface area (Å²) in [6.07, 6.45) is 15.2. The van der Waals surface area contributed by atoms with Crippen LogP contribution in [0.15, 0.2) is 0 Å². The Hall–Kier alpha value is 0.870. The smallest absolute Gasteiger partial charge is 0.748 e. The first kappa shape index (κ1) is 27.1. The molecule has 0 aliphatic carbocycles. The Bertz CT molecular complexity index is 360. The van der Waals surface area contributed by atoms with Crippen molar-refractivity contribution >= 4 is 10.1 Å². The van der Waals surface area contributed by atoms with Crippen molar-refractivity contribution in [2.45, 2.75) is 115 Å². The first-order valence-electron chi connectivity index (χ1n) is 9.50. The van der Waals surface area contributed by atoms with Gasteiger partial charge in [0.05, 0.1) is 16.2 Å². The third-order valence-electron chi connectivity index (χ3n) is 4.61. The molecule has 0 rings (SSSR count). The van der Waals surface area contributed by atoms with E-state index in [1.165, 1.54) is 51.9 Å². The minimum absolute atomic E-state index is 0. The fourth-order valence-corrected chi connectivity index (χ4v) is 3.21. The van der Waals surface area contributed by atoms with Crippen molar-refractivity contribution in [1.82, 2.24) is 0 Å². The molecule has 6 heteroatoms. The predicted molar refractivity (Wildman–Crippen MR) is 95.5 cm³/mol. The van der Waals surface area contributed by atoms with Crippen LogP contribution in [-0.4, -0.2) is 29.4 Å². The predicted octanol–water partition coefficient (Wildman–Crippen LogP) is 1.77. The molecule has 0 fully saturated rings. The van der Waals surface area contributed by atoms with Gasteiger partial charge in [-0.2, -0.15) is 0 Å². The number of unbranched alkanes of at least 4 members (excludes halogenated alkanes) is 10. The fourth-order valence-electron chi connectivity index (χ4n) is 2.75. The molecule has 2 atom stereocenters. The van der Waals surface area contributed by atoms with Crippen molar-refractivity contribution in [2.75, 3.05) is 0 Å². The second-order valence-electron chi connectivity index (χ2n) is 6.83. The molecule has 0 saturated carbocycles. The standard InChI is InChI=1S/C18H38O4S.Na/c1-3-18(19)16-14-12-10-8-6-4-5-7-9-11-13-15-17(2)23(20,21)22;/h17-19H,3-16H2,1-2H3,(H,20,21,22);/q;+1/p-1. The molecule has 0 radical (unpaired) electrons. The molecule has 0 saturated heterocycles. The molecular weight excluding hydrogens is 335 g/mol. The topological polar surface area (TPSA) is 77.4 Å². The van der Waals surface area contributed by atoms with Crippen molar-refractivity contribution < 1.29 is 47.6 Å². The first-order chi connectivity index (χ1) is 10.9. The van der Waals surface area contributed by atoms with Crippen molar-refractivity contribution in [2.24, 2.45) is 0 Å². The molecule has 1 N–H and O–H groups in total. The minimum Gasteiger partial charge on any atom is -0.748 e. The van der Waals surface area contributed by atoms with E-state index in [4.69, 9.17) is 0 Å². The maximum absolute atomic E-state index is 10.7. The molecule has 0 aromatic rings. The summed E-state index contributed by atoms with van der Waals surface area (Å²) in [6, 6.07) is 0. The maximum atomic E-state index is 10.7. The number of rotatable bonds is 16. The van der Waals surface area contributed by atoms with Crippen LogP contribution in [0, 0.1) is 0 Å². The Balaban J connectivity index is 0. The van der Waals surface area contributed by atoms with Gasteiger partial charge in [0.2, 0.25) is 0 Å². The Labute approximate surface area is 172 Å².